The van der Waals surface area contributed by atoms with Crippen LogP contribution in [0.5, 0.6) is 0 Å². The standard InChI is InChI=1S/C54H94O9/c1-3-5-7-9-11-13-15-17-19-21-22-23-24-25-26-27-29-31-33-35-37-39-41-43-50(56)62-48(47-61-54-53(59)52(58)51(57)49(45-55)63-54)46-60-44-42-40-38-36-34-32-30-28-20-18-16-14-12-10-8-6-4-2/h5,7,11,13,17,19-20,22-23,25-26,28,48-49,51-55,57-59H,3-4,6,8-10,12,14-16,18,21,24,27,29-47H2,1-2H3/b7-5-,13-11-,19-17-,23-22-,26-25-,28-20-. The van der Waals surface area contributed by atoms with Crippen molar-refractivity contribution in [3.8, 4) is 0 Å². The van der Waals surface area contributed by atoms with Crippen LogP contribution >= 0.6 is 0 Å². The zero-order chi connectivity index (χ0) is 45.7. The minimum atomic E-state index is -1.54. The first kappa shape index (κ1) is 58.6. The quantitative estimate of drug-likeness (QED) is 0.0268. The molecule has 0 aliphatic carbocycles. The minimum absolute atomic E-state index is 0.123. The SMILES string of the molecule is CC/C=C\C/C=C\C/C=C\C/C=C\C/C=C\CCCCCCCCCC(=O)OC(COCCCCCCCC/C=C\CCCCCCCCC)COC1OC(CO)C(O)C(O)C1O. The topological polar surface area (TPSA) is 135 Å². The molecule has 9 heteroatoms. The Bertz CT molecular complexity index is 1190. The number of carbonyl (C=O) groups is 1. The highest BCUT2D eigenvalue weighted by atomic mass is 16.7. The van der Waals surface area contributed by atoms with Gasteiger partial charge in [-0.2, -0.15) is 0 Å². The summed E-state index contributed by atoms with van der Waals surface area (Å²) in [5, 5.41) is 40.2. The number of unbranched alkanes of at least 4 members (excludes halogenated alkanes) is 20. The van der Waals surface area contributed by atoms with Gasteiger partial charge >= 0.3 is 5.97 Å². The molecule has 1 aliphatic heterocycles. The third kappa shape index (κ3) is 35.6. The molecule has 1 rings (SSSR count). The number of hydrogen-bond acceptors (Lipinski definition) is 9. The second kappa shape index (κ2) is 44.8. The smallest absolute Gasteiger partial charge is 0.306 e. The summed E-state index contributed by atoms with van der Waals surface area (Å²) in [5.41, 5.74) is 0. The molecular formula is C54H94O9. The third-order valence-electron chi connectivity index (χ3n) is 11.4. The second-order valence-electron chi connectivity index (χ2n) is 17.2. The van der Waals surface area contributed by atoms with Gasteiger partial charge in [-0.1, -0.05) is 183 Å². The largest absolute Gasteiger partial charge is 0.457 e. The van der Waals surface area contributed by atoms with Gasteiger partial charge in [0.05, 0.1) is 19.8 Å². The van der Waals surface area contributed by atoms with Crippen LogP contribution in [0.3, 0.4) is 0 Å². The second-order valence-corrected chi connectivity index (χ2v) is 17.2. The number of rotatable bonds is 43. The molecule has 6 atom stereocenters. The van der Waals surface area contributed by atoms with Gasteiger partial charge in [-0.15, -0.1) is 0 Å². The maximum atomic E-state index is 12.8. The first-order valence-corrected chi connectivity index (χ1v) is 25.5. The summed E-state index contributed by atoms with van der Waals surface area (Å²) in [6.07, 6.45) is 52.1. The molecule has 1 heterocycles. The average molecular weight is 887 g/mol. The van der Waals surface area contributed by atoms with Crippen LogP contribution in [0, 0.1) is 0 Å². The average Bonchev–Trinajstić information content (AvgIpc) is 3.28. The van der Waals surface area contributed by atoms with Gasteiger partial charge in [0, 0.05) is 13.0 Å². The Balaban J connectivity index is 2.23. The monoisotopic (exact) mass is 887 g/mol. The lowest BCUT2D eigenvalue weighted by Gasteiger charge is -2.39. The highest BCUT2D eigenvalue weighted by molar-refractivity contribution is 5.69. The van der Waals surface area contributed by atoms with Crippen LogP contribution in [0.15, 0.2) is 72.9 Å². The van der Waals surface area contributed by atoms with Crippen LogP contribution in [-0.2, 0) is 23.7 Å². The molecular weight excluding hydrogens is 793 g/mol. The van der Waals surface area contributed by atoms with Crippen LogP contribution in [0.1, 0.15) is 200 Å². The van der Waals surface area contributed by atoms with E-state index in [2.05, 4.69) is 86.8 Å². The zero-order valence-corrected chi connectivity index (χ0v) is 40.1. The molecule has 0 saturated carbocycles. The van der Waals surface area contributed by atoms with Gasteiger partial charge in [0.25, 0.3) is 0 Å². The van der Waals surface area contributed by atoms with E-state index in [-0.39, 0.29) is 19.2 Å². The molecule has 0 amide bonds. The molecule has 1 fully saturated rings. The Morgan fingerprint density at radius 2 is 0.968 bits per heavy atom. The lowest BCUT2D eigenvalue weighted by molar-refractivity contribution is -0.305. The number of hydrogen-bond donors (Lipinski definition) is 4. The fourth-order valence-electron chi connectivity index (χ4n) is 7.40. The van der Waals surface area contributed by atoms with Gasteiger partial charge in [0.15, 0.2) is 6.29 Å². The van der Waals surface area contributed by atoms with E-state index >= 15 is 0 Å². The molecule has 0 aromatic heterocycles. The van der Waals surface area contributed by atoms with Crippen LogP contribution in [0.2, 0.25) is 0 Å². The fraction of sp³-hybridized carbons (Fsp3) is 0.759. The van der Waals surface area contributed by atoms with E-state index in [0.717, 1.165) is 83.5 Å². The zero-order valence-electron chi connectivity index (χ0n) is 40.1. The van der Waals surface area contributed by atoms with Crippen LogP contribution < -0.4 is 0 Å². The molecule has 1 saturated heterocycles. The van der Waals surface area contributed by atoms with E-state index in [1.165, 1.54) is 96.3 Å². The van der Waals surface area contributed by atoms with Crippen molar-refractivity contribution in [3.63, 3.8) is 0 Å². The van der Waals surface area contributed by atoms with Crippen molar-refractivity contribution in [1.82, 2.24) is 0 Å². The lowest BCUT2D eigenvalue weighted by Crippen LogP contribution is -2.59. The van der Waals surface area contributed by atoms with Crippen LogP contribution in [-0.4, -0.2) is 89.6 Å². The fourth-order valence-corrected chi connectivity index (χ4v) is 7.40. The van der Waals surface area contributed by atoms with Crippen molar-refractivity contribution < 1.29 is 44.2 Å². The molecule has 0 aromatic carbocycles. The number of aliphatic hydroxyl groups excluding tert-OH is 4. The van der Waals surface area contributed by atoms with Gasteiger partial charge in [0.1, 0.15) is 30.5 Å². The van der Waals surface area contributed by atoms with Crippen molar-refractivity contribution in [2.75, 3.05) is 26.4 Å². The minimum Gasteiger partial charge on any atom is -0.457 e. The van der Waals surface area contributed by atoms with Gasteiger partial charge in [-0.05, 0) is 83.5 Å². The van der Waals surface area contributed by atoms with Crippen molar-refractivity contribution in [3.05, 3.63) is 72.9 Å². The molecule has 4 N–H and O–H groups in total. The molecule has 1 aliphatic rings. The highest BCUT2D eigenvalue weighted by Gasteiger charge is 2.44. The maximum Gasteiger partial charge on any atom is 0.306 e. The Kier molecular flexibility index (Phi) is 41.7. The summed E-state index contributed by atoms with van der Waals surface area (Å²) >= 11 is 0. The maximum absolute atomic E-state index is 12.8. The predicted octanol–water partition coefficient (Wildman–Crippen LogP) is 12.4. The predicted molar refractivity (Wildman–Crippen MR) is 260 cm³/mol. The summed E-state index contributed by atoms with van der Waals surface area (Å²) in [6.45, 7) is 4.42. The molecule has 0 spiro atoms. The molecule has 6 unspecified atom stereocenters. The summed E-state index contributed by atoms with van der Waals surface area (Å²) in [4.78, 5) is 12.8. The number of aliphatic hydroxyl groups is 4. The summed E-state index contributed by atoms with van der Waals surface area (Å²) in [6, 6.07) is 0. The van der Waals surface area contributed by atoms with Crippen molar-refractivity contribution >= 4 is 5.97 Å². The lowest BCUT2D eigenvalue weighted by atomic mass is 9.99. The Labute approximate surface area is 385 Å². The van der Waals surface area contributed by atoms with E-state index in [1.807, 2.05) is 0 Å². The van der Waals surface area contributed by atoms with Gasteiger partial charge < -0.3 is 39.4 Å². The molecule has 0 bridgehead atoms. The summed E-state index contributed by atoms with van der Waals surface area (Å²) in [5.74, 6) is -0.328. The molecule has 364 valence electrons. The normalized spacial score (nSPS) is 20.3. The molecule has 0 radical (unpaired) electrons. The molecule has 0 aromatic rings. The molecule has 63 heavy (non-hydrogen) atoms. The Morgan fingerprint density at radius 3 is 1.48 bits per heavy atom. The number of allylic oxidation sites excluding steroid dienone is 12. The number of ether oxygens (including phenoxy) is 4. The molecule has 9 nitrogen and oxygen atoms in total. The Morgan fingerprint density at radius 1 is 0.524 bits per heavy atom. The van der Waals surface area contributed by atoms with Crippen LogP contribution in [0.4, 0.5) is 0 Å². The van der Waals surface area contributed by atoms with E-state index in [0.29, 0.717) is 13.0 Å². The summed E-state index contributed by atoms with van der Waals surface area (Å²) in [7, 11) is 0. The summed E-state index contributed by atoms with van der Waals surface area (Å²) < 4.78 is 22.9. The van der Waals surface area contributed by atoms with E-state index in [9.17, 15) is 25.2 Å². The van der Waals surface area contributed by atoms with Crippen molar-refractivity contribution in [2.45, 2.75) is 237 Å². The van der Waals surface area contributed by atoms with Crippen molar-refractivity contribution in [2.24, 2.45) is 0 Å². The van der Waals surface area contributed by atoms with Crippen LogP contribution in [0.25, 0.3) is 0 Å². The highest BCUT2D eigenvalue weighted by Crippen LogP contribution is 2.22. The third-order valence-corrected chi connectivity index (χ3v) is 11.4. The van der Waals surface area contributed by atoms with Gasteiger partial charge in [0.2, 0.25) is 0 Å². The van der Waals surface area contributed by atoms with Gasteiger partial charge in [-0.3, -0.25) is 4.79 Å². The van der Waals surface area contributed by atoms with E-state index in [4.69, 9.17) is 18.9 Å². The number of carbonyl (C=O) groups excluding carboxylic acids is 1. The van der Waals surface area contributed by atoms with Crippen molar-refractivity contribution in [1.29, 1.82) is 0 Å². The first-order chi connectivity index (χ1) is 30.9. The Hall–Kier alpha value is -2.37. The number of esters is 1. The first-order valence-electron chi connectivity index (χ1n) is 25.5. The van der Waals surface area contributed by atoms with E-state index in [1.54, 1.807) is 0 Å². The van der Waals surface area contributed by atoms with E-state index < -0.39 is 43.4 Å². The van der Waals surface area contributed by atoms with Gasteiger partial charge in [-0.25, -0.2) is 0 Å².